The predicted octanol–water partition coefficient (Wildman–Crippen LogP) is 1.35. The molecule has 0 aromatic heterocycles. The van der Waals surface area contributed by atoms with Gasteiger partial charge in [0.05, 0.1) is 12.2 Å². The Hall–Kier alpha value is -1.06. The van der Waals surface area contributed by atoms with Crippen LogP contribution in [0.4, 0.5) is 0 Å². The molecule has 1 aliphatic rings. The van der Waals surface area contributed by atoms with Crippen molar-refractivity contribution in [3.8, 4) is 5.75 Å². The molecule has 3 heteroatoms. The highest BCUT2D eigenvalue weighted by Crippen LogP contribution is 2.26. The smallest absolute Gasteiger partial charge is 0.122 e. The summed E-state index contributed by atoms with van der Waals surface area (Å²) < 4.78 is 5.56. The van der Waals surface area contributed by atoms with Crippen LogP contribution in [0, 0.1) is 0 Å². The van der Waals surface area contributed by atoms with Gasteiger partial charge in [-0.2, -0.15) is 0 Å². The van der Waals surface area contributed by atoms with E-state index in [9.17, 15) is 5.11 Å². The van der Waals surface area contributed by atoms with E-state index in [1.165, 1.54) is 0 Å². The molecule has 0 saturated carbocycles. The van der Waals surface area contributed by atoms with Gasteiger partial charge in [-0.05, 0) is 31.5 Å². The number of benzene rings is 1. The third kappa shape index (κ3) is 2.54. The number of aliphatic hydroxyl groups is 1. The molecule has 1 saturated heterocycles. The number of rotatable bonds is 4. The van der Waals surface area contributed by atoms with Crippen molar-refractivity contribution in [2.45, 2.75) is 25.4 Å². The summed E-state index contributed by atoms with van der Waals surface area (Å²) >= 11 is 0. The van der Waals surface area contributed by atoms with E-state index in [2.05, 4.69) is 5.32 Å². The van der Waals surface area contributed by atoms with Crippen molar-refractivity contribution in [2.24, 2.45) is 0 Å². The summed E-state index contributed by atoms with van der Waals surface area (Å²) in [6.07, 6.45) is 1.48. The van der Waals surface area contributed by atoms with Crippen molar-refractivity contribution in [2.75, 3.05) is 19.7 Å². The average Bonchev–Trinajstić information content (AvgIpc) is 2.68. The second-order valence-corrected chi connectivity index (χ2v) is 4.37. The fraction of sp³-hybridized carbons (Fsp3) is 0.538. The fourth-order valence-corrected chi connectivity index (χ4v) is 2.18. The Labute approximate surface area is 96.4 Å². The van der Waals surface area contributed by atoms with Crippen LogP contribution in [0.2, 0.25) is 0 Å². The zero-order valence-electron chi connectivity index (χ0n) is 9.70. The predicted molar refractivity (Wildman–Crippen MR) is 63.8 cm³/mol. The van der Waals surface area contributed by atoms with Crippen molar-refractivity contribution in [3.05, 3.63) is 29.8 Å². The maximum absolute atomic E-state index is 10.3. The standard InChI is InChI=1S/C13H19NO2/c1-2-16-12-6-4-3-5-11(12)9-13(15)7-8-14-10-13/h3-6,14-15H,2,7-10H2,1H3. The van der Waals surface area contributed by atoms with Crippen LogP contribution in [-0.4, -0.2) is 30.4 Å². The molecule has 1 fully saturated rings. The third-order valence-electron chi connectivity index (χ3n) is 3.01. The van der Waals surface area contributed by atoms with E-state index in [4.69, 9.17) is 4.74 Å². The summed E-state index contributed by atoms with van der Waals surface area (Å²) in [5.74, 6) is 0.894. The first-order valence-electron chi connectivity index (χ1n) is 5.87. The molecule has 1 aromatic carbocycles. The molecule has 88 valence electrons. The van der Waals surface area contributed by atoms with E-state index >= 15 is 0 Å². The Kier molecular flexibility index (Phi) is 3.46. The average molecular weight is 221 g/mol. The van der Waals surface area contributed by atoms with Gasteiger partial charge in [-0.15, -0.1) is 0 Å². The molecule has 0 radical (unpaired) electrons. The van der Waals surface area contributed by atoms with Crippen LogP contribution in [-0.2, 0) is 6.42 Å². The van der Waals surface area contributed by atoms with Crippen LogP contribution in [0.3, 0.4) is 0 Å². The molecule has 0 bridgehead atoms. The minimum Gasteiger partial charge on any atom is -0.494 e. The topological polar surface area (TPSA) is 41.5 Å². The zero-order chi connectivity index (χ0) is 11.4. The fourth-order valence-electron chi connectivity index (χ4n) is 2.18. The Balaban J connectivity index is 2.13. The highest BCUT2D eigenvalue weighted by atomic mass is 16.5. The minimum atomic E-state index is -0.604. The molecule has 0 amide bonds. The molecule has 1 heterocycles. The van der Waals surface area contributed by atoms with Crippen LogP contribution in [0.1, 0.15) is 18.9 Å². The number of hydrogen-bond donors (Lipinski definition) is 2. The Morgan fingerprint density at radius 1 is 1.44 bits per heavy atom. The van der Waals surface area contributed by atoms with Gasteiger partial charge in [0.1, 0.15) is 5.75 Å². The third-order valence-corrected chi connectivity index (χ3v) is 3.01. The molecule has 0 spiro atoms. The first-order valence-corrected chi connectivity index (χ1v) is 5.87. The summed E-state index contributed by atoms with van der Waals surface area (Å²) in [7, 11) is 0. The van der Waals surface area contributed by atoms with Gasteiger partial charge in [-0.1, -0.05) is 18.2 Å². The van der Waals surface area contributed by atoms with Crippen LogP contribution in [0.15, 0.2) is 24.3 Å². The van der Waals surface area contributed by atoms with Gasteiger partial charge < -0.3 is 15.2 Å². The lowest BCUT2D eigenvalue weighted by Crippen LogP contribution is -2.33. The molecule has 2 N–H and O–H groups in total. The summed E-state index contributed by atoms with van der Waals surface area (Å²) in [5, 5.41) is 13.5. The van der Waals surface area contributed by atoms with E-state index in [-0.39, 0.29) is 0 Å². The van der Waals surface area contributed by atoms with E-state index in [1.807, 2.05) is 31.2 Å². The number of ether oxygens (including phenoxy) is 1. The van der Waals surface area contributed by atoms with Crippen LogP contribution in [0.25, 0.3) is 0 Å². The molecule has 1 aromatic rings. The zero-order valence-corrected chi connectivity index (χ0v) is 9.70. The molecule has 0 aliphatic carbocycles. The van der Waals surface area contributed by atoms with Gasteiger partial charge in [0.2, 0.25) is 0 Å². The van der Waals surface area contributed by atoms with E-state index in [0.717, 1.165) is 24.3 Å². The van der Waals surface area contributed by atoms with E-state index < -0.39 is 5.60 Å². The maximum Gasteiger partial charge on any atom is 0.122 e. The summed E-state index contributed by atoms with van der Waals surface area (Å²) in [4.78, 5) is 0. The highest BCUT2D eigenvalue weighted by molar-refractivity contribution is 5.34. The van der Waals surface area contributed by atoms with E-state index in [0.29, 0.717) is 19.6 Å². The van der Waals surface area contributed by atoms with Gasteiger partial charge >= 0.3 is 0 Å². The first-order chi connectivity index (χ1) is 7.73. The van der Waals surface area contributed by atoms with Gasteiger partial charge in [0, 0.05) is 13.0 Å². The summed E-state index contributed by atoms with van der Waals surface area (Å²) in [6, 6.07) is 7.95. The van der Waals surface area contributed by atoms with Crippen LogP contribution in [0.5, 0.6) is 5.75 Å². The molecule has 3 nitrogen and oxygen atoms in total. The second kappa shape index (κ2) is 4.85. The number of hydrogen-bond acceptors (Lipinski definition) is 3. The van der Waals surface area contributed by atoms with Crippen LogP contribution < -0.4 is 10.1 Å². The quantitative estimate of drug-likeness (QED) is 0.806. The lowest BCUT2D eigenvalue weighted by molar-refractivity contribution is 0.0611. The Morgan fingerprint density at radius 2 is 2.25 bits per heavy atom. The molecule has 2 rings (SSSR count). The maximum atomic E-state index is 10.3. The Morgan fingerprint density at radius 3 is 2.94 bits per heavy atom. The molecule has 1 unspecified atom stereocenters. The molecular formula is C13H19NO2. The van der Waals surface area contributed by atoms with Crippen LogP contribution >= 0.6 is 0 Å². The largest absolute Gasteiger partial charge is 0.494 e. The monoisotopic (exact) mass is 221 g/mol. The van der Waals surface area contributed by atoms with Gasteiger partial charge in [0.25, 0.3) is 0 Å². The van der Waals surface area contributed by atoms with Crippen molar-refractivity contribution >= 4 is 0 Å². The van der Waals surface area contributed by atoms with Crippen molar-refractivity contribution in [1.29, 1.82) is 0 Å². The highest BCUT2D eigenvalue weighted by Gasteiger charge is 2.31. The van der Waals surface area contributed by atoms with Gasteiger partial charge in [-0.25, -0.2) is 0 Å². The molecule has 1 aliphatic heterocycles. The van der Waals surface area contributed by atoms with Gasteiger partial charge in [-0.3, -0.25) is 0 Å². The van der Waals surface area contributed by atoms with Crippen molar-refractivity contribution in [3.63, 3.8) is 0 Å². The van der Waals surface area contributed by atoms with Crippen molar-refractivity contribution < 1.29 is 9.84 Å². The van der Waals surface area contributed by atoms with Crippen molar-refractivity contribution in [1.82, 2.24) is 5.32 Å². The summed E-state index contributed by atoms with van der Waals surface area (Å²) in [6.45, 7) is 4.21. The lowest BCUT2D eigenvalue weighted by Gasteiger charge is -2.22. The SMILES string of the molecule is CCOc1ccccc1CC1(O)CCNC1. The lowest BCUT2D eigenvalue weighted by atomic mass is 9.93. The normalized spacial score (nSPS) is 24.6. The molecular weight excluding hydrogens is 202 g/mol. The summed E-state index contributed by atoms with van der Waals surface area (Å²) in [5.41, 5.74) is 0.489. The second-order valence-electron chi connectivity index (χ2n) is 4.37. The molecule has 16 heavy (non-hydrogen) atoms. The first kappa shape index (κ1) is 11.4. The number of nitrogens with one attached hydrogen (secondary N) is 1. The number of para-hydroxylation sites is 1. The minimum absolute atomic E-state index is 0.604. The number of β-amino-alcohol motifs (C(OH)–C–C–N with tert-alkyl or cyclic N) is 1. The Bertz CT molecular complexity index is 346. The van der Waals surface area contributed by atoms with E-state index in [1.54, 1.807) is 0 Å². The molecule has 1 atom stereocenters. The van der Waals surface area contributed by atoms with Gasteiger partial charge in [0.15, 0.2) is 0 Å².